The highest BCUT2D eigenvalue weighted by Gasteiger charge is 2.38. The minimum Gasteiger partial charge on any atom is -0.339 e. The third kappa shape index (κ3) is 2.57. The summed E-state index contributed by atoms with van der Waals surface area (Å²) < 4.78 is 0. The van der Waals surface area contributed by atoms with Crippen molar-refractivity contribution >= 4 is 5.91 Å². The fourth-order valence-corrected chi connectivity index (χ4v) is 2.85. The number of nitrogens with two attached hydrogens (primary N) is 1. The number of rotatable bonds is 5. The van der Waals surface area contributed by atoms with E-state index in [0.717, 1.165) is 19.4 Å². The first-order valence-electron chi connectivity index (χ1n) is 6.74. The Morgan fingerprint density at radius 3 is 2.56 bits per heavy atom. The molecule has 0 aromatic carbocycles. The highest BCUT2D eigenvalue weighted by molar-refractivity contribution is 5.80. The van der Waals surface area contributed by atoms with Crippen LogP contribution < -0.4 is 5.73 Å². The van der Waals surface area contributed by atoms with Crippen molar-refractivity contribution < 1.29 is 4.79 Å². The molecule has 3 nitrogen and oxygen atoms in total. The quantitative estimate of drug-likeness (QED) is 0.773. The molecule has 16 heavy (non-hydrogen) atoms. The second kappa shape index (κ2) is 5.17. The van der Waals surface area contributed by atoms with Gasteiger partial charge in [-0.1, -0.05) is 13.3 Å². The van der Waals surface area contributed by atoms with E-state index in [-0.39, 0.29) is 0 Å². The van der Waals surface area contributed by atoms with E-state index in [1.165, 1.54) is 25.7 Å². The summed E-state index contributed by atoms with van der Waals surface area (Å²) in [7, 11) is 0. The molecule has 2 saturated carbocycles. The maximum atomic E-state index is 12.4. The summed E-state index contributed by atoms with van der Waals surface area (Å²) in [6.07, 6.45) is 6.92. The van der Waals surface area contributed by atoms with E-state index in [9.17, 15) is 4.79 Å². The zero-order valence-corrected chi connectivity index (χ0v) is 10.3. The molecule has 0 radical (unpaired) electrons. The lowest BCUT2D eigenvalue weighted by molar-refractivity contribution is -0.137. The van der Waals surface area contributed by atoms with Crippen LogP contribution in [0.3, 0.4) is 0 Å². The van der Waals surface area contributed by atoms with Gasteiger partial charge in [0.25, 0.3) is 0 Å². The topological polar surface area (TPSA) is 46.3 Å². The van der Waals surface area contributed by atoms with E-state index >= 15 is 0 Å². The minimum absolute atomic E-state index is 0.304. The summed E-state index contributed by atoms with van der Waals surface area (Å²) >= 11 is 0. The van der Waals surface area contributed by atoms with Gasteiger partial charge in [-0.25, -0.2) is 0 Å². The van der Waals surface area contributed by atoms with Gasteiger partial charge in [-0.3, -0.25) is 4.79 Å². The standard InChI is InChI=1S/C13H24N2O/c1-10-4-2-5-12(10)13(16)15(9-3-8-14)11-6-7-11/h10-12H,2-9,14H2,1H3. The Morgan fingerprint density at radius 2 is 2.06 bits per heavy atom. The fraction of sp³-hybridized carbons (Fsp3) is 0.923. The molecule has 0 aromatic heterocycles. The second-order valence-electron chi connectivity index (χ2n) is 5.42. The van der Waals surface area contributed by atoms with E-state index < -0.39 is 0 Å². The molecule has 0 aromatic rings. The third-order valence-corrected chi connectivity index (χ3v) is 4.05. The number of hydrogen-bond donors (Lipinski definition) is 1. The monoisotopic (exact) mass is 224 g/mol. The molecule has 1 amide bonds. The number of nitrogens with zero attached hydrogens (tertiary/aromatic N) is 1. The van der Waals surface area contributed by atoms with Gasteiger partial charge in [-0.15, -0.1) is 0 Å². The smallest absolute Gasteiger partial charge is 0.226 e. The average Bonchev–Trinajstić information content (AvgIpc) is 3.01. The molecule has 2 N–H and O–H groups in total. The maximum Gasteiger partial charge on any atom is 0.226 e. The first kappa shape index (κ1) is 11.9. The molecule has 2 unspecified atom stereocenters. The summed E-state index contributed by atoms with van der Waals surface area (Å²) in [6, 6.07) is 0.548. The van der Waals surface area contributed by atoms with Crippen LogP contribution in [0.25, 0.3) is 0 Å². The number of carbonyl (C=O) groups excluding carboxylic acids is 1. The van der Waals surface area contributed by atoms with Crippen molar-refractivity contribution in [1.29, 1.82) is 0 Å². The van der Waals surface area contributed by atoms with Gasteiger partial charge in [0.2, 0.25) is 5.91 Å². The van der Waals surface area contributed by atoms with Gasteiger partial charge in [-0.2, -0.15) is 0 Å². The van der Waals surface area contributed by atoms with Crippen LogP contribution in [0.5, 0.6) is 0 Å². The Kier molecular flexibility index (Phi) is 3.85. The molecule has 2 atom stereocenters. The van der Waals surface area contributed by atoms with E-state index in [2.05, 4.69) is 11.8 Å². The van der Waals surface area contributed by atoms with Gasteiger partial charge >= 0.3 is 0 Å². The van der Waals surface area contributed by atoms with Crippen LogP contribution in [0.15, 0.2) is 0 Å². The molecule has 2 aliphatic rings. The molecule has 0 heterocycles. The lowest BCUT2D eigenvalue weighted by Gasteiger charge is -2.27. The zero-order chi connectivity index (χ0) is 11.5. The van der Waals surface area contributed by atoms with E-state index in [1.807, 2.05) is 0 Å². The Morgan fingerprint density at radius 1 is 1.31 bits per heavy atom. The molecular formula is C13H24N2O. The van der Waals surface area contributed by atoms with Crippen molar-refractivity contribution in [3.63, 3.8) is 0 Å². The number of amides is 1. The summed E-state index contributed by atoms with van der Waals surface area (Å²) in [5.41, 5.74) is 5.54. The van der Waals surface area contributed by atoms with Crippen LogP contribution in [-0.4, -0.2) is 29.9 Å². The molecule has 3 heteroatoms. The van der Waals surface area contributed by atoms with E-state index in [1.54, 1.807) is 0 Å². The van der Waals surface area contributed by atoms with Crippen LogP contribution >= 0.6 is 0 Å². The first-order valence-corrected chi connectivity index (χ1v) is 6.74. The minimum atomic E-state index is 0.304. The highest BCUT2D eigenvalue weighted by atomic mass is 16.2. The van der Waals surface area contributed by atoms with Gasteiger partial charge in [-0.05, 0) is 44.6 Å². The van der Waals surface area contributed by atoms with Gasteiger partial charge in [0.1, 0.15) is 0 Å². The molecule has 0 aliphatic heterocycles. The van der Waals surface area contributed by atoms with Crippen LogP contribution in [0.2, 0.25) is 0 Å². The number of carbonyl (C=O) groups is 1. The summed E-state index contributed by atoms with van der Waals surface area (Å²) in [4.78, 5) is 14.6. The average molecular weight is 224 g/mol. The second-order valence-corrected chi connectivity index (χ2v) is 5.42. The van der Waals surface area contributed by atoms with Gasteiger partial charge in [0.15, 0.2) is 0 Å². The van der Waals surface area contributed by atoms with Crippen LogP contribution in [0, 0.1) is 11.8 Å². The van der Waals surface area contributed by atoms with Gasteiger partial charge in [0.05, 0.1) is 0 Å². The summed E-state index contributed by atoms with van der Waals surface area (Å²) in [6.45, 7) is 3.80. The van der Waals surface area contributed by atoms with Crippen molar-refractivity contribution in [3.8, 4) is 0 Å². The van der Waals surface area contributed by atoms with Crippen LogP contribution in [0.1, 0.15) is 45.4 Å². The molecule has 2 rings (SSSR count). The summed E-state index contributed by atoms with van der Waals surface area (Å²) in [5.74, 6) is 1.31. The van der Waals surface area contributed by atoms with Crippen molar-refractivity contribution in [2.24, 2.45) is 17.6 Å². The molecular weight excluding hydrogens is 200 g/mol. The van der Waals surface area contributed by atoms with Crippen LogP contribution in [0.4, 0.5) is 0 Å². The van der Waals surface area contributed by atoms with Crippen molar-refractivity contribution in [2.75, 3.05) is 13.1 Å². The van der Waals surface area contributed by atoms with E-state index in [4.69, 9.17) is 5.73 Å². The largest absolute Gasteiger partial charge is 0.339 e. The SMILES string of the molecule is CC1CCCC1C(=O)N(CCCN)C1CC1. The Bertz CT molecular complexity index is 250. The molecule has 92 valence electrons. The van der Waals surface area contributed by atoms with Gasteiger partial charge < -0.3 is 10.6 Å². The Labute approximate surface area is 98.4 Å². The van der Waals surface area contributed by atoms with E-state index in [0.29, 0.717) is 30.3 Å². The van der Waals surface area contributed by atoms with Crippen molar-refractivity contribution in [2.45, 2.75) is 51.5 Å². The number of hydrogen-bond acceptors (Lipinski definition) is 2. The molecule has 2 aliphatic carbocycles. The lowest BCUT2D eigenvalue weighted by atomic mass is 9.96. The predicted octanol–water partition coefficient (Wildman–Crippen LogP) is 1.76. The first-order chi connectivity index (χ1) is 7.74. The third-order valence-electron chi connectivity index (χ3n) is 4.05. The molecule has 0 bridgehead atoms. The van der Waals surface area contributed by atoms with Crippen molar-refractivity contribution in [3.05, 3.63) is 0 Å². The van der Waals surface area contributed by atoms with Crippen molar-refractivity contribution in [1.82, 2.24) is 4.90 Å². The molecule has 0 saturated heterocycles. The van der Waals surface area contributed by atoms with Gasteiger partial charge in [0, 0.05) is 18.5 Å². The molecule has 0 spiro atoms. The Balaban J connectivity index is 1.93. The predicted molar refractivity (Wildman–Crippen MR) is 64.9 cm³/mol. The normalized spacial score (nSPS) is 29.4. The van der Waals surface area contributed by atoms with Crippen LogP contribution in [-0.2, 0) is 4.79 Å². The maximum absolute atomic E-state index is 12.4. The highest BCUT2D eigenvalue weighted by Crippen LogP contribution is 2.36. The zero-order valence-electron chi connectivity index (χ0n) is 10.3. The molecule has 2 fully saturated rings. The lowest BCUT2D eigenvalue weighted by Crippen LogP contribution is -2.40. The summed E-state index contributed by atoms with van der Waals surface area (Å²) in [5, 5.41) is 0. The Hall–Kier alpha value is -0.570. The fourth-order valence-electron chi connectivity index (χ4n) is 2.85.